The molecule has 9 nitrogen and oxygen atoms in total. The quantitative estimate of drug-likeness (QED) is 0.221. The zero-order valence-corrected chi connectivity index (χ0v) is 15.2. The van der Waals surface area contributed by atoms with Crippen molar-refractivity contribution in [2.45, 2.75) is 25.8 Å². The second kappa shape index (κ2) is 9.59. The number of carbonyl (C=O) groups is 1. The molecular formula is C17H26N6O3. The van der Waals surface area contributed by atoms with Gasteiger partial charge in [0.05, 0.1) is 4.92 Å². The lowest BCUT2D eigenvalue weighted by Crippen LogP contribution is -2.46. The summed E-state index contributed by atoms with van der Waals surface area (Å²) in [5.41, 5.74) is 0.549. The number of nitro benzene ring substituents is 1. The number of aliphatic imine (C=N–C) groups is 1. The first kappa shape index (κ1) is 19.5. The van der Waals surface area contributed by atoms with Gasteiger partial charge in [0.2, 0.25) is 5.91 Å². The van der Waals surface area contributed by atoms with Gasteiger partial charge in [0.1, 0.15) is 5.69 Å². The number of benzene rings is 1. The Balaban J connectivity index is 1.75. The largest absolute Gasteiger partial charge is 0.378 e. The maximum atomic E-state index is 11.7. The minimum Gasteiger partial charge on any atom is -0.378 e. The smallest absolute Gasteiger partial charge is 0.292 e. The Bertz CT molecular complexity index is 664. The standard InChI is InChI=1S/C17H26N6O3/c1-3-16(24)22-11-8-13(12-22)21-17(18-2)20-10-9-19-14-6-4-5-7-15(14)23(25)26/h4-7,13,19H,3,8-12H2,1-2H3,(H2,18,20,21). The van der Waals surface area contributed by atoms with Crippen molar-refractivity contribution in [3.63, 3.8) is 0 Å². The summed E-state index contributed by atoms with van der Waals surface area (Å²) in [6.07, 6.45) is 1.41. The summed E-state index contributed by atoms with van der Waals surface area (Å²) < 4.78 is 0. The van der Waals surface area contributed by atoms with Gasteiger partial charge in [0, 0.05) is 51.8 Å². The van der Waals surface area contributed by atoms with E-state index >= 15 is 0 Å². The number of nitrogens with zero attached hydrogens (tertiary/aromatic N) is 3. The van der Waals surface area contributed by atoms with Crippen molar-refractivity contribution >= 4 is 23.2 Å². The van der Waals surface area contributed by atoms with Crippen molar-refractivity contribution in [1.82, 2.24) is 15.5 Å². The van der Waals surface area contributed by atoms with Gasteiger partial charge in [0.25, 0.3) is 5.69 Å². The molecule has 1 atom stereocenters. The third-order valence-corrected chi connectivity index (χ3v) is 4.24. The molecule has 1 saturated heterocycles. The van der Waals surface area contributed by atoms with Crippen molar-refractivity contribution in [3.8, 4) is 0 Å². The van der Waals surface area contributed by atoms with Crippen LogP contribution in [0, 0.1) is 10.1 Å². The van der Waals surface area contributed by atoms with E-state index in [-0.39, 0.29) is 17.6 Å². The lowest BCUT2D eigenvalue weighted by atomic mass is 10.2. The van der Waals surface area contributed by atoms with E-state index in [4.69, 9.17) is 0 Å². The summed E-state index contributed by atoms with van der Waals surface area (Å²) in [7, 11) is 1.69. The van der Waals surface area contributed by atoms with Crippen LogP contribution in [0.5, 0.6) is 0 Å². The van der Waals surface area contributed by atoms with E-state index in [1.807, 2.05) is 11.8 Å². The van der Waals surface area contributed by atoms with Gasteiger partial charge in [-0.05, 0) is 12.5 Å². The normalized spacial score (nSPS) is 17.1. The molecule has 1 aromatic rings. The molecule has 0 radical (unpaired) electrons. The number of nitrogens with one attached hydrogen (secondary N) is 3. The van der Waals surface area contributed by atoms with Gasteiger partial charge in [-0.1, -0.05) is 19.1 Å². The van der Waals surface area contributed by atoms with Crippen LogP contribution in [0.3, 0.4) is 0 Å². The van der Waals surface area contributed by atoms with Crippen LogP contribution < -0.4 is 16.0 Å². The Morgan fingerprint density at radius 2 is 2.15 bits per heavy atom. The Kier molecular flexibility index (Phi) is 7.19. The fourth-order valence-electron chi connectivity index (χ4n) is 2.88. The number of hydrogen-bond acceptors (Lipinski definition) is 5. The molecule has 1 unspecified atom stereocenters. The Morgan fingerprint density at radius 1 is 1.38 bits per heavy atom. The highest BCUT2D eigenvalue weighted by molar-refractivity contribution is 5.80. The van der Waals surface area contributed by atoms with Crippen LogP contribution in [-0.2, 0) is 4.79 Å². The number of rotatable bonds is 7. The van der Waals surface area contributed by atoms with E-state index < -0.39 is 4.92 Å². The molecule has 1 fully saturated rings. The van der Waals surface area contributed by atoms with Crippen LogP contribution in [-0.4, -0.2) is 61.0 Å². The van der Waals surface area contributed by atoms with E-state index in [0.717, 1.165) is 13.0 Å². The van der Waals surface area contributed by atoms with Crippen molar-refractivity contribution in [2.24, 2.45) is 4.99 Å². The summed E-state index contributed by atoms with van der Waals surface area (Å²) in [5.74, 6) is 0.830. The van der Waals surface area contributed by atoms with Gasteiger partial charge in [-0.25, -0.2) is 0 Å². The number of hydrogen-bond donors (Lipinski definition) is 3. The molecule has 9 heteroatoms. The van der Waals surface area contributed by atoms with Gasteiger partial charge in [0.15, 0.2) is 5.96 Å². The predicted molar refractivity (Wildman–Crippen MR) is 101 cm³/mol. The molecule has 0 saturated carbocycles. The number of nitro groups is 1. The maximum Gasteiger partial charge on any atom is 0.292 e. The molecule has 1 aliphatic heterocycles. The van der Waals surface area contributed by atoms with Crippen LogP contribution in [0.15, 0.2) is 29.3 Å². The predicted octanol–water partition coefficient (Wildman–Crippen LogP) is 1.18. The van der Waals surface area contributed by atoms with Gasteiger partial charge >= 0.3 is 0 Å². The highest BCUT2D eigenvalue weighted by Gasteiger charge is 2.25. The number of anilines is 1. The molecular weight excluding hydrogens is 336 g/mol. The van der Waals surface area contributed by atoms with Crippen molar-refractivity contribution in [2.75, 3.05) is 38.5 Å². The first-order valence-corrected chi connectivity index (χ1v) is 8.77. The minimum absolute atomic E-state index is 0.0571. The topological polar surface area (TPSA) is 112 Å². The Labute approximate surface area is 153 Å². The number of carbonyl (C=O) groups excluding carboxylic acids is 1. The zero-order chi connectivity index (χ0) is 18.9. The van der Waals surface area contributed by atoms with E-state index in [9.17, 15) is 14.9 Å². The van der Waals surface area contributed by atoms with Crippen LogP contribution in [0.2, 0.25) is 0 Å². The highest BCUT2D eigenvalue weighted by Crippen LogP contribution is 2.22. The van der Waals surface area contributed by atoms with E-state index in [2.05, 4.69) is 20.9 Å². The SMILES string of the molecule is CCC(=O)N1CCC(NC(=NC)NCCNc2ccccc2[N+](=O)[O-])C1. The number of para-hydroxylation sites is 2. The van der Waals surface area contributed by atoms with E-state index in [1.165, 1.54) is 6.07 Å². The molecule has 0 aliphatic carbocycles. The Hall–Kier alpha value is -2.84. The lowest BCUT2D eigenvalue weighted by molar-refractivity contribution is -0.384. The van der Waals surface area contributed by atoms with Crippen LogP contribution in [0.4, 0.5) is 11.4 Å². The average molecular weight is 362 g/mol. The number of guanidine groups is 1. The molecule has 3 N–H and O–H groups in total. The number of amides is 1. The first-order chi connectivity index (χ1) is 12.5. The second-order valence-corrected chi connectivity index (χ2v) is 6.02. The molecule has 0 bridgehead atoms. The van der Waals surface area contributed by atoms with E-state index in [0.29, 0.717) is 37.7 Å². The monoisotopic (exact) mass is 362 g/mol. The van der Waals surface area contributed by atoms with Crippen molar-refractivity contribution < 1.29 is 9.72 Å². The van der Waals surface area contributed by atoms with Crippen molar-refractivity contribution in [1.29, 1.82) is 0 Å². The molecule has 142 valence electrons. The first-order valence-electron chi connectivity index (χ1n) is 8.77. The fourth-order valence-corrected chi connectivity index (χ4v) is 2.88. The van der Waals surface area contributed by atoms with Crippen LogP contribution in [0.25, 0.3) is 0 Å². The summed E-state index contributed by atoms with van der Waals surface area (Å²) >= 11 is 0. The summed E-state index contributed by atoms with van der Waals surface area (Å²) in [6, 6.07) is 6.73. The Morgan fingerprint density at radius 3 is 2.85 bits per heavy atom. The molecule has 1 amide bonds. The lowest BCUT2D eigenvalue weighted by Gasteiger charge is -2.19. The summed E-state index contributed by atoms with van der Waals surface area (Å²) in [6.45, 7) is 4.38. The molecule has 1 aromatic carbocycles. The van der Waals surface area contributed by atoms with E-state index in [1.54, 1.807) is 25.2 Å². The second-order valence-electron chi connectivity index (χ2n) is 6.02. The fraction of sp³-hybridized carbons (Fsp3) is 0.529. The van der Waals surface area contributed by atoms with Crippen LogP contribution in [0.1, 0.15) is 19.8 Å². The maximum absolute atomic E-state index is 11.7. The van der Waals surface area contributed by atoms with Gasteiger partial charge < -0.3 is 20.9 Å². The van der Waals surface area contributed by atoms with Crippen molar-refractivity contribution in [3.05, 3.63) is 34.4 Å². The molecule has 26 heavy (non-hydrogen) atoms. The third-order valence-electron chi connectivity index (χ3n) is 4.24. The molecule has 0 aromatic heterocycles. The van der Waals surface area contributed by atoms with Crippen LogP contribution >= 0.6 is 0 Å². The molecule has 0 spiro atoms. The number of likely N-dealkylation sites (tertiary alicyclic amines) is 1. The van der Waals surface area contributed by atoms with Gasteiger partial charge in [-0.2, -0.15) is 0 Å². The van der Waals surface area contributed by atoms with Gasteiger partial charge in [-0.15, -0.1) is 0 Å². The summed E-state index contributed by atoms with van der Waals surface area (Å²) in [4.78, 5) is 28.4. The molecule has 2 rings (SSSR count). The van der Waals surface area contributed by atoms with Gasteiger partial charge in [-0.3, -0.25) is 19.9 Å². The highest BCUT2D eigenvalue weighted by atomic mass is 16.6. The molecule has 1 aliphatic rings. The minimum atomic E-state index is -0.403. The zero-order valence-electron chi connectivity index (χ0n) is 15.2. The molecule has 1 heterocycles. The third kappa shape index (κ3) is 5.33. The average Bonchev–Trinajstić information content (AvgIpc) is 3.12. The summed E-state index contributed by atoms with van der Waals surface area (Å²) in [5, 5.41) is 20.5.